The first-order chi connectivity index (χ1) is 13.5. The highest BCUT2D eigenvalue weighted by atomic mass is 16.5. The van der Waals surface area contributed by atoms with E-state index in [-0.39, 0.29) is 18.1 Å². The number of aromatic nitrogens is 4. The molecule has 2 aliphatic rings. The summed E-state index contributed by atoms with van der Waals surface area (Å²) in [6.45, 7) is 6.07. The molecule has 0 N–H and O–H groups in total. The Hall–Kier alpha value is -2.19. The summed E-state index contributed by atoms with van der Waals surface area (Å²) in [6, 6.07) is -0.142. The number of likely N-dealkylation sites (tertiary alicyclic amines) is 1. The molecular weight excluding hydrogens is 356 g/mol. The van der Waals surface area contributed by atoms with Crippen LogP contribution in [0.4, 0.5) is 0 Å². The lowest BCUT2D eigenvalue weighted by Crippen LogP contribution is -2.52. The van der Waals surface area contributed by atoms with Gasteiger partial charge in [0.05, 0.1) is 36.2 Å². The van der Waals surface area contributed by atoms with E-state index in [0.29, 0.717) is 18.7 Å². The van der Waals surface area contributed by atoms with Gasteiger partial charge in [-0.15, -0.1) is 0 Å². The molecule has 2 aromatic rings. The van der Waals surface area contributed by atoms with Crippen molar-refractivity contribution in [3.8, 4) is 0 Å². The Bertz CT molecular complexity index is 823. The molecule has 2 aliphatic heterocycles. The van der Waals surface area contributed by atoms with Crippen LogP contribution in [0.3, 0.4) is 0 Å². The minimum absolute atomic E-state index is 0.0198. The first-order valence-corrected chi connectivity index (χ1v) is 10.2. The molecule has 2 fully saturated rings. The first kappa shape index (κ1) is 19.1. The molecule has 4 heterocycles. The molecule has 2 aromatic heterocycles. The fourth-order valence-corrected chi connectivity index (χ4v) is 4.46. The van der Waals surface area contributed by atoms with Gasteiger partial charge in [0, 0.05) is 45.1 Å². The number of ether oxygens (including phenoxy) is 1. The Morgan fingerprint density at radius 2 is 1.93 bits per heavy atom. The second-order valence-corrected chi connectivity index (χ2v) is 7.96. The SMILES string of the molecule is Cc1nn(C)cc1C(=O)N1CCO[C@@H](CN2CCCCC2)[C@@H]1c1cnn(C)c1. The molecule has 2 atom stereocenters. The van der Waals surface area contributed by atoms with Crippen molar-refractivity contribution in [3.05, 3.63) is 35.4 Å². The van der Waals surface area contributed by atoms with Crippen LogP contribution < -0.4 is 0 Å². The van der Waals surface area contributed by atoms with Gasteiger partial charge in [0.2, 0.25) is 0 Å². The van der Waals surface area contributed by atoms with Gasteiger partial charge in [-0.2, -0.15) is 10.2 Å². The number of piperidine rings is 1. The van der Waals surface area contributed by atoms with E-state index in [0.717, 1.165) is 30.9 Å². The average molecular weight is 387 g/mol. The van der Waals surface area contributed by atoms with Gasteiger partial charge in [0.25, 0.3) is 5.91 Å². The lowest BCUT2D eigenvalue weighted by Gasteiger charge is -2.43. The number of amides is 1. The summed E-state index contributed by atoms with van der Waals surface area (Å²) in [7, 11) is 3.76. The third-order valence-electron chi connectivity index (χ3n) is 5.81. The maximum atomic E-state index is 13.4. The maximum absolute atomic E-state index is 13.4. The van der Waals surface area contributed by atoms with E-state index in [1.165, 1.54) is 19.3 Å². The van der Waals surface area contributed by atoms with Gasteiger partial charge in [0.15, 0.2) is 0 Å². The fourth-order valence-electron chi connectivity index (χ4n) is 4.46. The molecule has 152 valence electrons. The molecule has 8 heteroatoms. The smallest absolute Gasteiger partial charge is 0.258 e. The minimum atomic E-state index is -0.142. The number of hydrogen-bond donors (Lipinski definition) is 0. The maximum Gasteiger partial charge on any atom is 0.258 e. The van der Waals surface area contributed by atoms with Crippen molar-refractivity contribution in [2.45, 2.75) is 38.3 Å². The van der Waals surface area contributed by atoms with Crippen LogP contribution in [-0.2, 0) is 18.8 Å². The van der Waals surface area contributed by atoms with E-state index >= 15 is 0 Å². The van der Waals surface area contributed by atoms with Crippen LogP contribution in [0.5, 0.6) is 0 Å². The quantitative estimate of drug-likeness (QED) is 0.797. The zero-order valence-electron chi connectivity index (χ0n) is 17.0. The van der Waals surface area contributed by atoms with E-state index in [9.17, 15) is 4.79 Å². The molecule has 0 saturated carbocycles. The second-order valence-electron chi connectivity index (χ2n) is 7.96. The van der Waals surface area contributed by atoms with Gasteiger partial charge >= 0.3 is 0 Å². The van der Waals surface area contributed by atoms with Crippen LogP contribution in [0.1, 0.15) is 46.9 Å². The summed E-state index contributed by atoms with van der Waals surface area (Å²) in [6.07, 6.45) is 9.39. The van der Waals surface area contributed by atoms with Gasteiger partial charge < -0.3 is 14.5 Å². The Kier molecular flexibility index (Phi) is 5.50. The predicted molar refractivity (Wildman–Crippen MR) is 105 cm³/mol. The highest BCUT2D eigenvalue weighted by Crippen LogP contribution is 2.32. The van der Waals surface area contributed by atoms with Crippen molar-refractivity contribution in [1.29, 1.82) is 0 Å². The van der Waals surface area contributed by atoms with Crippen LogP contribution in [-0.4, -0.2) is 74.2 Å². The third-order valence-corrected chi connectivity index (χ3v) is 5.81. The summed E-state index contributed by atoms with van der Waals surface area (Å²) >= 11 is 0. The Balaban J connectivity index is 1.63. The first-order valence-electron chi connectivity index (χ1n) is 10.2. The number of morpholine rings is 1. The molecule has 0 bridgehead atoms. The van der Waals surface area contributed by atoms with Crippen molar-refractivity contribution in [2.75, 3.05) is 32.8 Å². The summed E-state index contributed by atoms with van der Waals surface area (Å²) in [4.78, 5) is 17.9. The summed E-state index contributed by atoms with van der Waals surface area (Å²) in [5.74, 6) is 0.0198. The van der Waals surface area contributed by atoms with Crippen LogP contribution in [0.25, 0.3) is 0 Å². The third kappa shape index (κ3) is 3.84. The largest absolute Gasteiger partial charge is 0.373 e. The van der Waals surface area contributed by atoms with E-state index < -0.39 is 0 Å². The standard InChI is InChI=1S/C20H30N6O2/c1-15-17(13-24(3)22-15)20(27)26-9-10-28-18(14-25-7-5-4-6-8-25)19(26)16-11-21-23(2)12-16/h11-13,18-19H,4-10,14H2,1-3H3/t18-,19-/m0/s1. The summed E-state index contributed by atoms with van der Waals surface area (Å²) in [5.41, 5.74) is 2.45. The lowest BCUT2D eigenvalue weighted by molar-refractivity contribution is -0.0741. The van der Waals surface area contributed by atoms with E-state index in [1.807, 2.05) is 44.5 Å². The van der Waals surface area contributed by atoms with E-state index in [2.05, 4.69) is 15.1 Å². The number of nitrogens with zero attached hydrogens (tertiary/aromatic N) is 6. The van der Waals surface area contributed by atoms with Gasteiger partial charge in [-0.25, -0.2) is 0 Å². The van der Waals surface area contributed by atoms with Gasteiger partial charge in [-0.3, -0.25) is 14.2 Å². The molecule has 0 spiro atoms. The number of carbonyl (C=O) groups is 1. The van der Waals surface area contributed by atoms with Crippen LogP contribution in [0, 0.1) is 6.92 Å². The van der Waals surface area contributed by atoms with Crippen LogP contribution in [0.2, 0.25) is 0 Å². The fraction of sp³-hybridized carbons (Fsp3) is 0.650. The number of hydrogen-bond acceptors (Lipinski definition) is 5. The Morgan fingerprint density at radius 1 is 1.14 bits per heavy atom. The molecule has 0 radical (unpaired) electrons. The number of carbonyl (C=O) groups excluding carboxylic acids is 1. The summed E-state index contributed by atoms with van der Waals surface area (Å²) < 4.78 is 9.71. The topological polar surface area (TPSA) is 68.4 Å². The molecule has 0 unspecified atom stereocenters. The van der Waals surface area contributed by atoms with Crippen LogP contribution >= 0.6 is 0 Å². The van der Waals surface area contributed by atoms with Crippen molar-refractivity contribution < 1.29 is 9.53 Å². The molecule has 0 aliphatic carbocycles. The van der Waals surface area contributed by atoms with Crippen molar-refractivity contribution in [2.24, 2.45) is 14.1 Å². The molecule has 2 saturated heterocycles. The highest BCUT2D eigenvalue weighted by Gasteiger charge is 2.39. The lowest BCUT2D eigenvalue weighted by atomic mass is 9.98. The summed E-state index contributed by atoms with van der Waals surface area (Å²) in [5, 5.41) is 8.71. The highest BCUT2D eigenvalue weighted by molar-refractivity contribution is 5.95. The Morgan fingerprint density at radius 3 is 2.57 bits per heavy atom. The monoisotopic (exact) mass is 386 g/mol. The van der Waals surface area contributed by atoms with E-state index in [4.69, 9.17) is 4.74 Å². The predicted octanol–water partition coefficient (Wildman–Crippen LogP) is 1.53. The van der Waals surface area contributed by atoms with Gasteiger partial charge in [-0.05, 0) is 32.9 Å². The van der Waals surface area contributed by atoms with Crippen molar-refractivity contribution in [1.82, 2.24) is 29.4 Å². The van der Waals surface area contributed by atoms with Crippen LogP contribution in [0.15, 0.2) is 18.6 Å². The molecule has 28 heavy (non-hydrogen) atoms. The molecule has 0 aromatic carbocycles. The molecule has 8 nitrogen and oxygen atoms in total. The minimum Gasteiger partial charge on any atom is -0.373 e. The van der Waals surface area contributed by atoms with E-state index in [1.54, 1.807) is 9.36 Å². The molecule has 1 amide bonds. The zero-order chi connectivity index (χ0) is 19.7. The molecular formula is C20H30N6O2. The molecule has 4 rings (SSSR count). The number of aryl methyl sites for hydroxylation is 3. The second kappa shape index (κ2) is 8.05. The normalized spacial score (nSPS) is 23.9. The van der Waals surface area contributed by atoms with Crippen molar-refractivity contribution >= 4 is 5.91 Å². The van der Waals surface area contributed by atoms with Gasteiger partial charge in [0.1, 0.15) is 0 Å². The zero-order valence-corrected chi connectivity index (χ0v) is 17.0. The average Bonchev–Trinajstić information content (AvgIpc) is 3.26. The van der Waals surface area contributed by atoms with Gasteiger partial charge in [-0.1, -0.05) is 6.42 Å². The van der Waals surface area contributed by atoms with Crippen molar-refractivity contribution in [3.63, 3.8) is 0 Å². The number of rotatable bonds is 4. The Labute approximate surface area is 166 Å².